The number of nitrogens with one attached hydrogen (secondary N) is 1. The number of nitrogens with zero attached hydrogens (tertiary/aromatic N) is 1. The fourth-order valence-corrected chi connectivity index (χ4v) is 5.47. The maximum Gasteiger partial charge on any atom is 0.226 e. The van der Waals surface area contributed by atoms with Crippen LogP contribution in [0.15, 0.2) is 18.2 Å². The minimum Gasteiger partial charge on any atom is -0.493 e. The number of methoxy groups -OCH3 is 2. The van der Waals surface area contributed by atoms with Gasteiger partial charge in [0, 0.05) is 18.0 Å². The first-order chi connectivity index (χ1) is 12.0. The standard InChI is InChI=1S/C20H28N2O3/c1-22-11-9-20(14-4-5-15(24-2)16(12-14)25-3)7-6-19(13-17(20)22)8-10-21-18(19)23/h4-5,12,17H,6-11,13H2,1-3H3,(H,21,23). The molecule has 4 rings (SSSR count). The van der Waals surface area contributed by atoms with Crippen LogP contribution in [0.5, 0.6) is 11.5 Å². The first kappa shape index (κ1) is 16.7. The lowest BCUT2D eigenvalue weighted by molar-refractivity contribution is -0.131. The van der Waals surface area contributed by atoms with E-state index < -0.39 is 0 Å². The van der Waals surface area contributed by atoms with Crippen molar-refractivity contribution in [1.82, 2.24) is 10.2 Å². The molecule has 1 aromatic rings. The molecule has 25 heavy (non-hydrogen) atoms. The van der Waals surface area contributed by atoms with Crippen LogP contribution in [0.4, 0.5) is 0 Å². The van der Waals surface area contributed by atoms with Gasteiger partial charge in [0.2, 0.25) is 5.91 Å². The highest BCUT2D eigenvalue weighted by atomic mass is 16.5. The zero-order valence-electron chi connectivity index (χ0n) is 15.4. The summed E-state index contributed by atoms with van der Waals surface area (Å²) in [5.41, 5.74) is 1.29. The largest absolute Gasteiger partial charge is 0.493 e. The van der Waals surface area contributed by atoms with Gasteiger partial charge in [0.05, 0.1) is 19.6 Å². The monoisotopic (exact) mass is 344 g/mol. The molecule has 0 radical (unpaired) electrons. The summed E-state index contributed by atoms with van der Waals surface area (Å²) in [7, 11) is 5.57. The number of carbonyl (C=O) groups is 1. The van der Waals surface area contributed by atoms with E-state index in [2.05, 4.69) is 29.4 Å². The third-order valence-electron chi connectivity index (χ3n) is 7.04. The number of carbonyl (C=O) groups excluding carboxylic acids is 1. The molecule has 3 fully saturated rings. The van der Waals surface area contributed by atoms with Crippen LogP contribution in [0.25, 0.3) is 0 Å². The van der Waals surface area contributed by atoms with E-state index in [9.17, 15) is 4.79 Å². The first-order valence-corrected chi connectivity index (χ1v) is 9.26. The number of likely N-dealkylation sites (tertiary alicyclic amines) is 1. The molecule has 136 valence electrons. The minimum atomic E-state index is -0.149. The molecule has 1 saturated carbocycles. The predicted octanol–water partition coefficient (Wildman–Crippen LogP) is 2.34. The second-order valence-electron chi connectivity index (χ2n) is 7.96. The van der Waals surface area contributed by atoms with Gasteiger partial charge in [-0.15, -0.1) is 0 Å². The number of rotatable bonds is 3. The second-order valence-corrected chi connectivity index (χ2v) is 7.96. The van der Waals surface area contributed by atoms with E-state index in [0.29, 0.717) is 6.04 Å². The maximum absolute atomic E-state index is 12.5. The van der Waals surface area contributed by atoms with Crippen molar-refractivity contribution in [3.8, 4) is 11.5 Å². The number of hydrogen-bond acceptors (Lipinski definition) is 4. The number of fused-ring (bicyclic) bond motifs is 1. The van der Waals surface area contributed by atoms with Crippen molar-refractivity contribution < 1.29 is 14.3 Å². The molecule has 5 heteroatoms. The summed E-state index contributed by atoms with van der Waals surface area (Å²) in [4.78, 5) is 15.0. The molecule has 0 aromatic heterocycles. The Morgan fingerprint density at radius 3 is 2.60 bits per heavy atom. The minimum absolute atomic E-state index is 0.114. The van der Waals surface area contributed by atoms with Gasteiger partial charge in [-0.3, -0.25) is 4.79 Å². The van der Waals surface area contributed by atoms with Crippen LogP contribution < -0.4 is 14.8 Å². The first-order valence-electron chi connectivity index (χ1n) is 9.26. The van der Waals surface area contributed by atoms with Crippen molar-refractivity contribution in [2.45, 2.75) is 43.6 Å². The molecule has 1 aromatic carbocycles. The predicted molar refractivity (Wildman–Crippen MR) is 96.2 cm³/mol. The van der Waals surface area contributed by atoms with Crippen LogP contribution in [0.2, 0.25) is 0 Å². The van der Waals surface area contributed by atoms with Gasteiger partial charge in [0.25, 0.3) is 0 Å². The SMILES string of the molecule is COc1ccc(C23CCN(C)C2CC2(CCNC2=O)CC3)cc1OC. The number of ether oxygens (including phenoxy) is 2. The molecule has 1 amide bonds. The van der Waals surface area contributed by atoms with Crippen molar-refractivity contribution in [3.63, 3.8) is 0 Å². The Kier molecular flexibility index (Phi) is 3.95. The number of amides is 1. The zero-order chi connectivity index (χ0) is 17.7. The molecule has 3 aliphatic rings. The van der Waals surface area contributed by atoms with E-state index >= 15 is 0 Å². The molecule has 5 nitrogen and oxygen atoms in total. The van der Waals surface area contributed by atoms with E-state index in [4.69, 9.17) is 9.47 Å². The average molecular weight is 344 g/mol. The highest BCUT2D eigenvalue weighted by molar-refractivity contribution is 5.85. The molecular weight excluding hydrogens is 316 g/mol. The van der Waals surface area contributed by atoms with Crippen LogP contribution >= 0.6 is 0 Å². The van der Waals surface area contributed by atoms with Gasteiger partial charge in [-0.05, 0) is 63.4 Å². The van der Waals surface area contributed by atoms with Gasteiger partial charge in [-0.1, -0.05) is 6.07 Å². The van der Waals surface area contributed by atoms with E-state index in [-0.39, 0.29) is 16.7 Å². The van der Waals surface area contributed by atoms with Crippen molar-refractivity contribution in [1.29, 1.82) is 0 Å². The summed E-state index contributed by atoms with van der Waals surface area (Å²) >= 11 is 0. The number of hydrogen-bond donors (Lipinski definition) is 1. The summed E-state index contributed by atoms with van der Waals surface area (Å²) in [6.07, 6.45) is 5.13. The van der Waals surface area contributed by atoms with Crippen molar-refractivity contribution in [2.75, 3.05) is 34.4 Å². The second kappa shape index (κ2) is 5.90. The lowest BCUT2D eigenvalue weighted by atomic mass is 9.58. The van der Waals surface area contributed by atoms with Gasteiger partial charge in [-0.2, -0.15) is 0 Å². The topological polar surface area (TPSA) is 50.8 Å². The molecular formula is C20H28N2O3. The van der Waals surface area contributed by atoms with Crippen LogP contribution in [0.3, 0.4) is 0 Å². The third-order valence-corrected chi connectivity index (χ3v) is 7.04. The Morgan fingerprint density at radius 2 is 1.92 bits per heavy atom. The Labute approximate surface area is 149 Å². The Morgan fingerprint density at radius 1 is 1.12 bits per heavy atom. The molecule has 2 heterocycles. The molecule has 2 saturated heterocycles. The molecule has 1 spiro atoms. The molecule has 1 N–H and O–H groups in total. The van der Waals surface area contributed by atoms with Crippen molar-refractivity contribution in [3.05, 3.63) is 23.8 Å². The summed E-state index contributed by atoms with van der Waals surface area (Å²) in [6.45, 7) is 1.91. The third kappa shape index (κ3) is 2.35. The molecule has 2 aliphatic heterocycles. The maximum atomic E-state index is 12.5. The summed E-state index contributed by atoms with van der Waals surface area (Å²) in [5, 5.41) is 3.07. The lowest BCUT2D eigenvalue weighted by Crippen LogP contribution is -2.51. The van der Waals surface area contributed by atoms with E-state index in [1.165, 1.54) is 5.56 Å². The quantitative estimate of drug-likeness (QED) is 0.914. The smallest absolute Gasteiger partial charge is 0.226 e. The summed E-state index contributed by atoms with van der Waals surface area (Å²) in [6, 6.07) is 6.77. The Bertz CT molecular complexity index is 692. The van der Waals surface area contributed by atoms with Crippen molar-refractivity contribution >= 4 is 5.91 Å². The van der Waals surface area contributed by atoms with Crippen LogP contribution in [0, 0.1) is 5.41 Å². The number of likely N-dealkylation sites (N-methyl/N-ethyl adjacent to an activating group) is 1. The van der Waals surface area contributed by atoms with Gasteiger partial charge >= 0.3 is 0 Å². The zero-order valence-corrected chi connectivity index (χ0v) is 15.4. The highest BCUT2D eigenvalue weighted by Crippen LogP contribution is 2.56. The summed E-state index contributed by atoms with van der Waals surface area (Å²) < 4.78 is 11.0. The van der Waals surface area contributed by atoms with Crippen LogP contribution in [-0.4, -0.2) is 51.2 Å². The van der Waals surface area contributed by atoms with E-state index in [1.54, 1.807) is 14.2 Å². The van der Waals surface area contributed by atoms with E-state index in [1.807, 2.05) is 6.07 Å². The van der Waals surface area contributed by atoms with Crippen LogP contribution in [0.1, 0.15) is 37.7 Å². The molecule has 3 unspecified atom stereocenters. The Balaban J connectivity index is 1.72. The van der Waals surface area contributed by atoms with Gasteiger partial charge < -0.3 is 19.7 Å². The fraction of sp³-hybridized carbons (Fsp3) is 0.650. The van der Waals surface area contributed by atoms with Crippen LogP contribution in [-0.2, 0) is 10.2 Å². The Hall–Kier alpha value is -1.75. The van der Waals surface area contributed by atoms with E-state index in [0.717, 1.165) is 56.7 Å². The summed E-state index contributed by atoms with van der Waals surface area (Å²) in [5.74, 6) is 1.84. The highest BCUT2D eigenvalue weighted by Gasteiger charge is 2.57. The normalized spacial score (nSPS) is 34.8. The molecule has 1 aliphatic carbocycles. The molecule has 3 atom stereocenters. The van der Waals surface area contributed by atoms with Gasteiger partial charge in [0.1, 0.15) is 0 Å². The van der Waals surface area contributed by atoms with Gasteiger partial charge in [0.15, 0.2) is 11.5 Å². The average Bonchev–Trinajstić information content (AvgIpc) is 3.16. The number of benzene rings is 1. The van der Waals surface area contributed by atoms with Gasteiger partial charge in [-0.25, -0.2) is 0 Å². The fourth-order valence-electron chi connectivity index (χ4n) is 5.47. The lowest BCUT2D eigenvalue weighted by Gasteiger charge is -2.48. The van der Waals surface area contributed by atoms with Crippen molar-refractivity contribution in [2.24, 2.45) is 5.41 Å². The molecule has 0 bridgehead atoms.